The average molecular weight is 302 g/mol. The lowest BCUT2D eigenvalue weighted by molar-refractivity contribution is -0.137. The first-order chi connectivity index (χ1) is 10.8. The summed E-state index contributed by atoms with van der Waals surface area (Å²) in [6.07, 6.45) is 16.3. The molecule has 0 saturated carbocycles. The summed E-state index contributed by atoms with van der Waals surface area (Å²) in [4.78, 5) is 10.3. The van der Waals surface area contributed by atoms with Crippen molar-refractivity contribution in [3.05, 3.63) is 12.2 Å². The van der Waals surface area contributed by atoms with E-state index in [2.05, 4.69) is 42.8 Å². The normalized spacial score (nSPS) is 9.86. The highest BCUT2D eigenvalue weighted by molar-refractivity contribution is 5.66. The van der Waals surface area contributed by atoms with Crippen LogP contribution in [0.15, 0.2) is 12.2 Å². The van der Waals surface area contributed by atoms with Crippen LogP contribution in [0.3, 0.4) is 0 Å². The maximum Gasteiger partial charge on any atom is 0.303 e. The lowest BCUT2D eigenvalue weighted by Crippen LogP contribution is -1.92. The molecule has 0 aliphatic carbocycles. The molecule has 2 nitrogen and oxygen atoms in total. The van der Waals surface area contributed by atoms with Crippen LogP contribution in [-0.2, 0) is 4.79 Å². The molecule has 0 aliphatic rings. The molecule has 0 rings (SSSR count). The Morgan fingerprint density at radius 2 is 1.45 bits per heavy atom. The van der Waals surface area contributed by atoms with Gasteiger partial charge in [0.05, 0.1) is 6.42 Å². The van der Waals surface area contributed by atoms with Crippen LogP contribution in [0, 0.1) is 23.7 Å². The molecule has 0 aromatic carbocycles. The third-order valence-electron chi connectivity index (χ3n) is 3.18. The predicted molar refractivity (Wildman–Crippen MR) is 93.4 cm³/mol. The molecule has 0 aliphatic heterocycles. The van der Waals surface area contributed by atoms with Gasteiger partial charge in [-0.2, -0.15) is 0 Å². The summed E-state index contributed by atoms with van der Waals surface area (Å²) in [5.74, 6) is 11.4. The lowest BCUT2D eigenvalue weighted by atomic mass is 10.1. The lowest BCUT2D eigenvalue weighted by Gasteiger charge is -1.93. The molecular weight excluding hydrogens is 272 g/mol. The Labute approximate surface area is 136 Å². The van der Waals surface area contributed by atoms with E-state index in [1.165, 1.54) is 32.1 Å². The van der Waals surface area contributed by atoms with E-state index in [-0.39, 0.29) is 6.42 Å². The molecule has 0 aromatic rings. The van der Waals surface area contributed by atoms with Crippen molar-refractivity contribution in [1.29, 1.82) is 0 Å². The second kappa shape index (κ2) is 17.4. The highest BCUT2D eigenvalue weighted by Crippen LogP contribution is 2.03. The van der Waals surface area contributed by atoms with Gasteiger partial charge in [-0.25, -0.2) is 0 Å². The molecule has 0 saturated heterocycles. The Kier molecular flexibility index (Phi) is 16.1. The predicted octanol–water partition coefficient (Wildman–Crippen LogP) is 5.34. The number of carboxylic acid groups (broad SMARTS) is 1. The van der Waals surface area contributed by atoms with E-state index in [4.69, 9.17) is 5.11 Å². The molecule has 0 aromatic heterocycles. The molecular formula is C20H30O2. The van der Waals surface area contributed by atoms with E-state index >= 15 is 0 Å². The topological polar surface area (TPSA) is 37.3 Å². The van der Waals surface area contributed by atoms with Gasteiger partial charge >= 0.3 is 5.97 Å². The van der Waals surface area contributed by atoms with E-state index in [1.807, 2.05) is 0 Å². The Balaban J connectivity index is 3.35. The Bertz CT molecular complexity index is 412. The molecule has 0 radical (unpaired) electrons. The minimum atomic E-state index is -0.752. The van der Waals surface area contributed by atoms with Crippen molar-refractivity contribution in [3.8, 4) is 23.7 Å². The van der Waals surface area contributed by atoms with Gasteiger partial charge in [0, 0.05) is 19.3 Å². The van der Waals surface area contributed by atoms with Crippen LogP contribution in [0.2, 0.25) is 0 Å². The van der Waals surface area contributed by atoms with Gasteiger partial charge < -0.3 is 5.11 Å². The second-order valence-corrected chi connectivity index (χ2v) is 5.34. The molecule has 2 heteroatoms. The largest absolute Gasteiger partial charge is 0.481 e. The van der Waals surface area contributed by atoms with Crippen LogP contribution in [0.4, 0.5) is 0 Å². The zero-order valence-corrected chi connectivity index (χ0v) is 14.0. The second-order valence-electron chi connectivity index (χ2n) is 5.34. The minimum absolute atomic E-state index is 0.202. The number of hydrogen-bond donors (Lipinski definition) is 1. The van der Waals surface area contributed by atoms with Crippen molar-refractivity contribution in [2.75, 3.05) is 0 Å². The molecule has 0 unspecified atom stereocenters. The Morgan fingerprint density at radius 3 is 2.05 bits per heavy atom. The minimum Gasteiger partial charge on any atom is -0.481 e. The van der Waals surface area contributed by atoms with E-state index in [9.17, 15) is 4.79 Å². The summed E-state index contributed by atoms with van der Waals surface area (Å²) in [6, 6.07) is 0. The molecule has 0 amide bonds. The third-order valence-corrected chi connectivity index (χ3v) is 3.18. The molecule has 0 atom stereocenters. The van der Waals surface area contributed by atoms with Crippen LogP contribution in [-0.4, -0.2) is 11.1 Å². The van der Waals surface area contributed by atoms with Gasteiger partial charge in [-0.15, -0.1) is 11.8 Å². The maximum atomic E-state index is 10.3. The van der Waals surface area contributed by atoms with E-state index in [0.717, 1.165) is 19.3 Å². The number of unbranched alkanes of at least 4 members (excludes halogenated alkanes) is 7. The number of hydrogen-bond acceptors (Lipinski definition) is 1. The Morgan fingerprint density at radius 1 is 0.864 bits per heavy atom. The SMILES string of the molecule is CCCCCC=CCCCCC#CCC#CCCCC(=O)O. The van der Waals surface area contributed by atoms with Gasteiger partial charge in [-0.3, -0.25) is 4.79 Å². The third kappa shape index (κ3) is 18.3. The number of allylic oxidation sites excluding steroid dienone is 2. The quantitative estimate of drug-likeness (QED) is 0.318. The number of aliphatic carboxylic acids is 1. The fourth-order valence-corrected chi connectivity index (χ4v) is 1.90. The first kappa shape index (κ1) is 20.3. The van der Waals surface area contributed by atoms with Crippen molar-refractivity contribution >= 4 is 5.97 Å². The first-order valence-electron chi connectivity index (χ1n) is 8.55. The van der Waals surface area contributed by atoms with Gasteiger partial charge in [0.1, 0.15) is 0 Å². The number of carboxylic acids is 1. The van der Waals surface area contributed by atoms with Crippen molar-refractivity contribution in [1.82, 2.24) is 0 Å². The monoisotopic (exact) mass is 302 g/mol. The number of rotatable bonds is 11. The molecule has 0 heterocycles. The highest BCUT2D eigenvalue weighted by atomic mass is 16.4. The summed E-state index contributed by atoms with van der Waals surface area (Å²) in [5.41, 5.74) is 0. The summed E-state index contributed by atoms with van der Waals surface area (Å²) >= 11 is 0. The first-order valence-corrected chi connectivity index (χ1v) is 8.55. The maximum absolute atomic E-state index is 10.3. The summed E-state index contributed by atoms with van der Waals surface area (Å²) in [5, 5.41) is 8.46. The van der Waals surface area contributed by atoms with Crippen LogP contribution < -0.4 is 0 Å². The summed E-state index contributed by atoms with van der Waals surface area (Å²) in [6.45, 7) is 2.23. The van der Waals surface area contributed by atoms with Crippen molar-refractivity contribution in [2.24, 2.45) is 0 Å². The molecule has 22 heavy (non-hydrogen) atoms. The van der Waals surface area contributed by atoms with Gasteiger partial charge in [0.15, 0.2) is 0 Å². The van der Waals surface area contributed by atoms with Crippen molar-refractivity contribution in [3.63, 3.8) is 0 Å². The smallest absolute Gasteiger partial charge is 0.303 e. The van der Waals surface area contributed by atoms with Crippen molar-refractivity contribution < 1.29 is 9.90 Å². The van der Waals surface area contributed by atoms with Gasteiger partial charge in [-0.1, -0.05) is 43.8 Å². The molecule has 0 spiro atoms. The summed E-state index contributed by atoms with van der Waals surface area (Å²) in [7, 11) is 0. The fraction of sp³-hybridized carbons (Fsp3) is 0.650. The van der Waals surface area contributed by atoms with E-state index < -0.39 is 5.97 Å². The molecule has 0 fully saturated rings. The summed E-state index contributed by atoms with van der Waals surface area (Å²) < 4.78 is 0. The fourth-order valence-electron chi connectivity index (χ4n) is 1.90. The number of carbonyl (C=O) groups is 1. The van der Waals surface area contributed by atoms with Crippen molar-refractivity contribution in [2.45, 2.75) is 84.0 Å². The van der Waals surface area contributed by atoms with E-state index in [1.54, 1.807) is 0 Å². The van der Waals surface area contributed by atoms with Crippen LogP contribution >= 0.6 is 0 Å². The zero-order valence-electron chi connectivity index (χ0n) is 14.0. The highest BCUT2D eigenvalue weighted by Gasteiger charge is 1.92. The molecule has 0 bridgehead atoms. The van der Waals surface area contributed by atoms with Crippen LogP contribution in [0.1, 0.15) is 84.0 Å². The van der Waals surface area contributed by atoms with Crippen LogP contribution in [0.25, 0.3) is 0 Å². The standard InChI is InChI=1S/C20H30O2/c1-2-3-4-5-6-7-8-9-10-11-12-13-14-15-16-17-18-19-20(21)22/h6-7H,2-5,8-11,14,17-19H2,1H3,(H,21,22). The van der Waals surface area contributed by atoms with Gasteiger partial charge in [0.2, 0.25) is 0 Å². The Hall–Kier alpha value is -1.67. The van der Waals surface area contributed by atoms with Crippen LogP contribution in [0.5, 0.6) is 0 Å². The van der Waals surface area contributed by atoms with Gasteiger partial charge in [-0.05, 0) is 38.5 Å². The van der Waals surface area contributed by atoms with E-state index in [0.29, 0.717) is 19.3 Å². The molecule has 122 valence electrons. The van der Waals surface area contributed by atoms with Gasteiger partial charge in [0.25, 0.3) is 0 Å². The average Bonchev–Trinajstić information content (AvgIpc) is 2.50. The zero-order chi connectivity index (χ0) is 16.3. The molecule has 1 N–H and O–H groups in total.